The van der Waals surface area contributed by atoms with E-state index in [1.807, 2.05) is 0 Å². The van der Waals surface area contributed by atoms with E-state index in [1.54, 1.807) is 4.31 Å². The molecule has 1 atom stereocenters. The van der Waals surface area contributed by atoms with Gasteiger partial charge >= 0.3 is 0 Å². The molecule has 0 aliphatic carbocycles. The van der Waals surface area contributed by atoms with Gasteiger partial charge in [0.05, 0.1) is 6.26 Å². The Labute approximate surface area is 81.2 Å². The zero-order valence-corrected chi connectivity index (χ0v) is 9.47. The van der Waals surface area contributed by atoms with Crippen molar-refractivity contribution in [3.63, 3.8) is 0 Å². The van der Waals surface area contributed by atoms with Crippen molar-refractivity contribution < 1.29 is 8.42 Å². The summed E-state index contributed by atoms with van der Waals surface area (Å²) in [4.78, 5) is 0. The molecular formula is C9H19NO2S. The number of rotatable bonds is 3. The topological polar surface area (TPSA) is 37.4 Å². The first-order valence-electron chi connectivity index (χ1n) is 4.84. The van der Waals surface area contributed by atoms with Crippen LogP contribution in [0.2, 0.25) is 0 Å². The molecule has 3 nitrogen and oxygen atoms in total. The van der Waals surface area contributed by atoms with Crippen molar-refractivity contribution in [1.82, 2.24) is 4.31 Å². The van der Waals surface area contributed by atoms with Gasteiger partial charge in [-0.2, -0.15) is 0 Å². The third kappa shape index (κ3) is 3.27. The standard InChI is InChI=1S/C9H19NO2S/c1-8(2)6-9-4-5-10(7-9)13(3,11)12/h8-9H,4-7H2,1-3H3. The maximum absolute atomic E-state index is 11.2. The Kier molecular flexibility index (Phi) is 3.35. The molecule has 0 radical (unpaired) electrons. The van der Waals surface area contributed by atoms with Crippen LogP contribution in [0.15, 0.2) is 0 Å². The van der Waals surface area contributed by atoms with Crippen LogP contribution in [0.3, 0.4) is 0 Å². The van der Waals surface area contributed by atoms with Crippen LogP contribution in [0.4, 0.5) is 0 Å². The van der Waals surface area contributed by atoms with E-state index >= 15 is 0 Å². The van der Waals surface area contributed by atoms with Crippen molar-refractivity contribution >= 4 is 10.0 Å². The van der Waals surface area contributed by atoms with Crippen LogP contribution >= 0.6 is 0 Å². The second kappa shape index (κ2) is 3.96. The summed E-state index contributed by atoms with van der Waals surface area (Å²) in [7, 11) is -2.94. The van der Waals surface area contributed by atoms with Gasteiger partial charge in [-0.05, 0) is 24.7 Å². The predicted octanol–water partition coefficient (Wildman–Crippen LogP) is 1.31. The monoisotopic (exact) mass is 205 g/mol. The lowest BCUT2D eigenvalue weighted by molar-refractivity contribution is 0.408. The minimum atomic E-state index is -2.94. The fraction of sp³-hybridized carbons (Fsp3) is 1.00. The second-order valence-electron chi connectivity index (χ2n) is 4.41. The van der Waals surface area contributed by atoms with E-state index in [1.165, 1.54) is 6.26 Å². The Morgan fingerprint density at radius 2 is 2.08 bits per heavy atom. The fourth-order valence-electron chi connectivity index (χ4n) is 1.96. The summed E-state index contributed by atoms with van der Waals surface area (Å²) < 4.78 is 24.0. The van der Waals surface area contributed by atoms with Crippen molar-refractivity contribution in [2.24, 2.45) is 11.8 Å². The molecule has 1 aliphatic heterocycles. The summed E-state index contributed by atoms with van der Waals surface area (Å²) >= 11 is 0. The molecule has 0 aromatic heterocycles. The Hall–Kier alpha value is -0.0900. The summed E-state index contributed by atoms with van der Waals surface area (Å²) in [5.41, 5.74) is 0. The lowest BCUT2D eigenvalue weighted by Crippen LogP contribution is -2.27. The molecule has 0 aromatic rings. The van der Waals surface area contributed by atoms with Crippen LogP contribution in [-0.4, -0.2) is 32.1 Å². The van der Waals surface area contributed by atoms with E-state index in [0.29, 0.717) is 11.8 Å². The molecule has 0 aromatic carbocycles. The van der Waals surface area contributed by atoms with E-state index in [9.17, 15) is 8.42 Å². The first kappa shape index (κ1) is 11.0. The van der Waals surface area contributed by atoms with Crippen molar-refractivity contribution in [3.05, 3.63) is 0 Å². The Balaban J connectivity index is 2.46. The molecule has 0 amide bonds. The summed E-state index contributed by atoms with van der Waals surface area (Å²) in [5.74, 6) is 1.25. The summed E-state index contributed by atoms with van der Waals surface area (Å²) in [6.07, 6.45) is 3.47. The highest BCUT2D eigenvalue weighted by Gasteiger charge is 2.28. The van der Waals surface area contributed by atoms with Gasteiger partial charge in [-0.25, -0.2) is 12.7 Å². The third-order valence-corrected chi connectivity index (χ3v) is 3.79. The van der Waals surface area contributed by atoms with Gasteiger partial charge in [0, 0.05) is 13.1 Å². The average molecular weight is 205 g/mol. The SMILES string of the molecule is CC(C)CC1CCN(S(C)(=O)=O)C1. The fourth-order valence-corrected chi connectivity index (χ4v) is 2.88. The van der Waals surface area contributed by atoms with Gasteiger partial charge in [0.1, 0.15) is 0 Å². The minimum absolute atomic E-state index is 0.578. The summed E-state index contributed by atoms with van der Waals surface area (Å²) in [6.45, 7) is 5.82. The largest absolute Gasteiger partial charge is 0.213 e. The lowest BCUT2D eigenvalue weighted by Gasteiger charge is -2.14. The highest BCUT2D eigenvalue weighted by atomic mass is 32.2. The van der Waals surface area contributed by atoms with E-state index in [2.05, 4.69) is 13.8 Å². The summed E-state index contributed by atoms with van der Waals surface area (Å²) in [6, 6.07) is 0. The van der Waals surface area contributed by atoms with Crippen LogP contribution in [-0.2, 0) is 10.0 Å². The van der Waals surface area contributed by atoms with Crippen LogP contribution < -0.4 is 0 Å². The van der Waals surface area contributed by atoms with Gasteiger partial charge in [-0.15, -0.1) is 0 Å². The maximum Gasteiger partial charge on any atom is 0.211 e. The van der Waals surface area contributed by atoms with Crippen LogP contribution in [0, 0.1) is 11.8 Å². The molecule has 0 spiro atoms. The molecule has 13 heavy (non-hydrogen) atoms. The number of nitrogens with zero attached hydrogens (tertiary/aromatic N) is 1. The van der Waals surface area contributed by atoms with Gasteiger partial charge in [-0.1, -0.05) is 13.8 Å². The van der Waals surface area contributed by atoms with Gasteiger partial charge in [0.2, 0.25) is 10.0 Å². The number of hydrogen-bond donors (Lipinski definition) is 0. The predicted molar refractivity (Wildman–Crippen MR) is 54.0 cm³/mol. The number of hydrogen-bond acceptors (Lipinski definition) is 2. The quantitative estimate of drug-likeness (QED) is 0.696. The highest BCUT2D eigenvalue weighted by Crippen LogP contribution is 2.24. The van der Waals surface area contributed by atoms with Crippen molar-refractivity contribution in [2.75, 3.05) is 19.3 Å². The molecule has 0 bridgehead atoms. The zero-order chi connectivity index (χ0) is 10.1. The van der Waals surface area contributed by atoms with Crippen LogP contribution in [0.1, 0.15) is 26.7 Å². The molecule has 78 valence electrons. The lowest BCUT2D eigenvalue weighted by atomic mass is 9.97. The third-order valence-electron chi connectivity index (χ3n) is 2.52. The normalized spacial score (nSPS) is 25.7. The molecule has 1 aliphatic rings. The molecule has 1 heterocycles. The molecule has 1 rings (SSSR count). The van der Waals surface area contributed by atoms with Gasteiger partial charge in [0.15, 0.2) is 0 Å². The Bertz CT molecular complexity index is 259. The smallest absolute Gasteiger partial charge is 0.211 e. The Morgan fingerprint density at radius 1 is 1.46 bits per heavy atom. The molecule has 1 saturated heterocycles. The molecule has 0 saturated carbocycles. The number of sulfonamides is 1. The van der Waals surface area contributed by atoms with E-state index < -0.39 is 10.0 Å². The van der Waals surface area contributed by atoms with Gasteiger partial charge in [-0.3, -0.25) is 0 Å². The Morgan fingerprint density at radius 3 is 2.46 bits per heavy atom. The average Bonchev–Trinajstić information content (AvgIpc) is 2.32. The van der Waals surface area contributed by atoms with E-state index in [4.69, 9.17) is 0 Å². The first-order valence-corrected chi connectivity index (χ1v) is 6.69. The van der Waals surface area contributed by atoms with Crippen molar-refractivity contribution in [2.45, 2.75) is 26.7 Å². The molecule has 4 heteroatoms. The molecule has 1 fully saturated rings. The van der Waals surface area contributed by atoms with Crippen molar-refractivity contribution in [1.29, 1.82) is 0 Å². The second-order valence-corrected chi connectivity index (χ2v) is 6.39. The molecule has 1 unspecified atom stereocenters. The van der Waals surface area contributed by atoms with Crippen LogP contribution in [0.25, 0.3) is 0 Å². The van der Waals surface area contributed by atoms with Gasteiger partial charge in [0.25, 0.3) is 0 Å². The van der Waals surface area contributed by atoms with E-state index in [0.717, 1.165) is 25.9 Å². The van der Waals surface area contributed by atoms with Crippen LogP contribution in [0.5, 0.6) is 0 Å². The highest BCUT2D eigenvalue weighted by molar-refractivity contribution is 7.88. The molecule has 0 N–H and O–H groups in total. The summed E-state index contributed by atoms with van der Waals surface area (Å²) in [5, 5.41) is 0. The van der Waals surface area contributed by atoms with E-state index in [-0.39, 0.29) is 0 Å². The molecular weight excluding hydrogens is 186 g/mol. The minimum Gasteiger partial charge on any atom is -0.213 e. The van der Waals surface area contributed by atoms with Crippen molar-refractivity contribution in [3.8, 4) is 0 Å². The zero-order valence-electron chi connectivity index (χ0n) is 8.66. The maximum atomic E-state index is 11.2. The van der Waals surface area contributed by atoms with Gasteiger partial charge < -0.3 is 0 Å². The first-order chi connectivity index (χ1) is 5.89.